The number of nitrogens with zero attached hydrogens (tertiary/aromatic N) is 1. The van der Waals surface area contributed by atoms with Crippen molar-refractivity contribution >= 4 is 5.91 Å². The van der Waals surface area contributed by atoms with Gasteiger partial charge in [0.15, 0.2) is 11.5 Å². The molecular formula is C20H24N2O3. The number of likely N-dealkylation sites (N-methyl/N-ethyl adjacent to an activating group) is 1. The summed E-state index contributed by atoms with van der Waals surface area (Å²) in [5, 5.41) is 3.01. The fourth-order valence-electron chi connectivity index (χ4n) is 2.90. The van der Waals surface area contributed by atoms with Gasteiger partial charge in [-0.3, -0.25) is 9.69 Å². The molecule has 132 valence electrons. The zero-order valence-electron chi connectivity index (χ0n) is 14.7. The largest absolute Gasteiger partial charge is 0.454 e. The molecule has 25 heavy (non-hydrogen) atoms. The number of fused-ring (bicyclic) bond motifs is 1. The van der Waals surface area contributed by atoms with Gasteiger partial charge in [-0.2, -0.15) is 0 Å². The molecule has 0 atom stereocenters. The molecule has 5 heteroatoms. The molecule has 2 aromatic carbocycles. The Morgan fingerprint density at radius 2 is 1.92 bits per heavy atom. The fourth-order valence-corrected chi connectivity index (χ4v) is 2.90. The highest BCUT2D eigenvalue weighted by atomic mass is 16.7. The second-order valence-electron chi connectivity index (χ2n) is 6.16. The topological polar surface area (TPSA) is 50.8 Å². The van der Waals surface area contributed by atoms with Crippen LogP contribution in [0.15, 0.2) is 42.5 Å². The molecule has 1 amide bonds. The minimum atomic E-state index is 0.0230. The van der Waals surface area contributed by atoms with Crippen LogP contribution < -0.4 is 14.8 Å². The highest BCUT2D eigenvalue weighted by molar-refractivity contribution is 5.78. The van der Waals surface area contributed by atoms with Crippen LogP contribution in [0.2, 0.25) is 0 Å². The van der Waals surface area contributed by atoms with Crippen molar-refractivity contribution in [1.82, 2.24) is 10.2 Å². The highest BCUT2D eigenvalue weighted by Gasteiger charge is 2.19. The van der Waals surface area contributed by atoms with Crippen LogP contribution in [-0.4, -0.2) is 30.7 Å². The maximum atomic E-state index is 12.3. The van der Waals surface area contributed by atoms with Crippen molar-refractivity contribution in [3.63, 3.8) is 0 Å². The zero-order valence-corrected chi connectivity index (χ0v) is 14.7. The van der Waals surface area contributed by atoms with Crippen LogP contribution >= 0.6 is 0 Å². The monoisotopic (exact) mass is 340 g/mol. The molecule has 5 nitrogen and oxygen atoms in total. The number of carbonyl (C=O) groups excluding carboxylic acids is 1. The van der Waals surface area contributed by atoms with E-state index in [-0.39, 0.29) is 12.7 Å². The van der Waals surface area contributed by atoms with Crippen molar-refractivity contribution in [2.45, 2.75) is 26.9 Å². The van der Waals surface area contributed by atoms with Crippen LogP contribution in [0, 0.1) is 6.92 Å². The number of hydrogen-bond donors (Lipinski definition) is 1. The van der Waals surface area contributed by atoms with E-state index in [1.807, 2.05) is 36.4 Å². The van der Waals surface area contributed by atoms with Gasteiger partial charge in [0.2, 0.25) is 12.7 Å². The SMILES string of the molecule is CCN(CC(=O)NCc1ccccc1C)Cc1cccc2c1OCO2. The normalized spacial score (nSPS) is 12.4. The molecule has 1 aliphatic heterocycles. The van der Waals surface area contributed by atoms with Gasteiger partial charge >= 0.3 is 0 Å². The van der Waals surface area contributed by atoms with Crippen LogP contribution in [0.25, 0.3) is 0 Å². The van der Waals surface area contributed by atoms with E-state index in [0.717, 1.165) is 29.2 Å². The third-order valence-electron chi connectivity index (χ3n) is 4.42. The lowest BCUT2D eigenvalue weighted by Crippen LogP contribution is -2.36. The highest BCUT2D eigenvalue weighted by Crippen LogP contribution is 2.35. The molecule has 0 aromatic heterocycles. The first-order valence-electron chi connectivity index (χ1n) is 8.58. The predicted octanol–water partition coefficient (Wildman–Crippen LogP) is 2.86. The summed E-state index contributed by atoms with van der Waals surface area (Å²) in [5.41, 5.74) is 3.38. The van der Waals surface area contributed by atoms with Crippen molar-refractivity contribution in [3.8, 4) is 11.5 Å². The molecule has 0 bridgehead atoms. The van der Waals surface area contributed by atoms with Gasteiger partial charge in [-0.25, -0.2) is 0 Å². The predicted molar refractivity (Wildman–Crippen MR) is 96.5 cm³/mol. The number of aryl methyl sites for hydroxylation is 1. The van der Waals surface area contributed by atoms with E-state index in [4.69, 9.17) is 9.47 Å². The molecule has 0 aliphatic carbocycles. The molecule has 2 aromatic rings. The van der Waals surface area contributed by atoms with E-state index < -0.39 is 0 Å². The zero-order chi connectivity index (χ0) is 17.6. The van der Waals surface area contributed by atoms with Gasteiger partial charge in [-0.15, -0.1) is 0 Å². The summed E-state index contributed by atoms with van der Waals surface area (Å²) in [6, 6.07) is 14.0. The molecule has 1 N–H and O–H groups in total. The lowest BCUT2D eigenvalue weighted by molar-refractivity contribution is -0.122. The molecule has 1 heterocycles. The number of carbonyl (C=O) groups is 1. The maximum Gasteiger partial charge on any atom is 0.234 e. The molecule has 0 saturated heterocycles. The Labute approximate surface area is 148 Å². The summed E-state index contributed by atoms with van der Waals surface area (Å²) in [6.45, 7) is 6.71. The summed E-state index contributed by atoms with van der Waals surface area (Å²) in [4.78, 5) is 14.4. The third-order valence-corrected chi connectivity index (χ3v) is 4.42. The summed E-state index contributed by atoms with van der Waals surface area (Å²) < 4.78 is 11.0. The quantitative estimate of drug-likeness (QED) is 0.842. The van der Waals surface area contributed by atoms with Gasteiger partial charge in [0.1, 0.15) is 0 Å². The molecule has 0 unspecified atom stereocenters. The van der Waals surface area contributed by atoms with Gasteiger partial charge in [0, 0.05) is 18.7 Å². The number of amides is 1. The van der Waals surface area contributed by atoms with E-state index in [2.05, 4.69) is 30.1 Å². The van der Waals surface area contributed by atoms with Gasteiger partial charge in [-0.1, -0.05) is 43.3 Å². The van der Waals surface area contributed by atoms with Gasteiger partial charge < -0.3 is 14.8 Å². The van der Waals surface area contributed by atoms with E-state index in [9.17, 15) is 4.79 Å². The summed E-state index contributed by atoms with van der Waals surface area (Å²) in [5.74, 6) is 1.59. The summed E-state index contributed by atoms with van der Waals surface area (Å²) in [7, 11) is 0. The van der Waals surface area contributed by atoms with Crippen molar-refractivity contribution in [2.24, 2.45) is 0 Å². The molecule has 0 fully saturated rings. The van der Waals surface area contributed by atoms with E-state index in [0.29, 0.717) is 19.6 Å². The second-order valence-corrected chi connectivity index (χ2v) is 6.16. The minimum absolute atomic E-state index is 0.0230. The first-order valence-corrected chi connectivity index (χ1v) is 8.58. The Bertz CT molecular complexity index is 745. The Morgan fingerprint density at radius 1 is 1.12 bits per heavy atom. The number of para-hydroxylation sites is 1. The van der Waals surface area contributed by atoms with Crippen LogP contribution in [0.5, 0.6) is 11.5 Å². The average molecular weight is 340 g/mol. The van der Waals surface area contributed by atoms with E-state index in [1.54, 1.807) is 0 Å². The first-order chi connectivity index (χ1) is 12.2. The van der Waals surface area contributed by atoms with Crippen LogP contribution in [0.4, 0.5) is 0 Å². The first kappa shape index (κ1) is 17.3. The molecule has 0 spiro atoms. The van der Waals surface area contributed by atoms with Crippen molar-refractivity contribution in [2.75, 3.05) is 19.9 Å². The minimum Gasteiger partial charge on any atom is -0.454 e. The molecule has 0 saturated carbocycles. The van der Waals surface area contributed by atoms with Gasteiger partial charge in [0.05, 0.1) is 6.54 Å². The standard InChI is InChI=1S/C20H24N2O3/c1-3-22(12-17-9-6-10-18-20(17)25-14-24-18)13-19(23)21-11-16-8-5-4-7-15(16)2/h4-10H,3,11-14H2,1-2H3,(H,21,23). The number of rotatable bonds is 7. The maximum absolute atomic E-state index is 12.3. The average Bonchev–Trinajstić information content (AvgIpc) is 3.10. The van der Waals surface area contributed by atoms with Gasteiger partial charge in [-0.05, 0) is 30.7 Å². The molecule has 0 radical (unpaired) electrons. The van der Waals surface area contributed by atoms with Crippen LogP contribution in [-0.2, 0) is 17.9 Å². The van der Waals surface area contributed by atoms with Gasteiger partial charge in [0.25, 0.3) is 0 Å². The lowest BCUT2D eigenvalue weighted by Gasteiger charge is -2.20. The fraction of sp³-hybridized carbons (Fsp3) is 0.350. The number of benzene rings is 2. The Balaban J connectivity index is 1.56. The van der Waals surface area contributed by atoms with E-state index in [1.165, 1.54) is 5.56 Å². The Morgan fingerprint density at radius 3 is 2.72 bits per heavy atom. The smallest absolute Gasteiger partial charge is 0.234 e. The molecule has 3 rings (SSSR count). The van der Waals surface area contributed by atoms with E-state index >= 15 is 0 Å². The molecule has 1 aliphatic rings. The number of ether oxygens (including phenoxy) is 2. The number of nitrogens with one attached hydrogen (secondary N) is 1. The van der Waals surface area contributed by atoms with Crippen LogP contribution in [0.3, 0.4) is 0 Å². The second kappa shape index (κ2) is 8.03. The van der Waals surface area contributed by atoms with Crippen LogP contribution in [0.1, 0.15) is 23.6 Å². The van der Waals surface area contributed by atoms with Crippen molar-refractivity contribution in [1.29, 1.82) is 0 Å². The van der Waals surface area contributed by atoms with Crippen molar-refractivity contribution in [3.05, 3.63) is 59.2 Å². The lowest BCUT2D eigenvalue weighted by atomic mass is 10.1. The van der Waals surface area contributed by atoms with Crippen molar-refractivity contribution < 1.29 is 14.3 Å². The Kier molecular flexibility index (Phi) is 5.56. The Hall–Kier alpha value is -2.53. The molecular weight excluding hydrogens is 316 g/mol. The summed E-state index contributed by atoms with van der Waals surface area (Å²) >= 11 is 0. The summed E-state index contributed by atoms with van der Waals surface area (Å²) in [6.07, 6.45) is 0. The number of hydrogen-bond acceptors (Lipinski definition) is 4. The third kappa shape index (κ3) is 4.31.